The fourth-order valence-electron chi connectivity index (χ4n) is 2.80. The third kappa shape index (κ3) is 4.55. The molecule has 3 heterocycles. The van der Waals surface area contributed by atoms with Gasteiger partial charge in [-0.05, 0) is 0 Å². The molecule has 0 aliphatic carbocycles. The lowest BCUT2D eigenvalue weighted by Crippen LogP contribution is -2.45. The van der Waals surface area contributed by atoms with Crippen LogP contribution in [0, 0.1) is 0 Å². The summed E-state index contributed by atoms with van der Waals surface area (Å²) in [4.78, 5) is 45.0. The van der Waals surface area contributed by atoms with Crippen molar-refractivity contribution in [2.45, 2.75) is 24.5 Å². The van der Waals surface area contributed by atoms with Crippen LogP contribution in [0.5, 0.6) is 0 Å². The molecule has 0 unspecified atom stereocenters. The van der Waals surface area contributed by atoms with E-state index in [1.165, 1.54) is 11.2 Å². The number of aromatic nitrogens is 2. The maximum Gasteiger partial charge on any atom is 0.470 e. The molecule has 17 heteroatoms. The number of nitrogens with zero attached hydrogens (tertiary/aromatic N) is 3. The van der Waals surface area contributed by atoms with Gasteiger partial charge < -0.3 is 45.4 Å². The summed E-state index contributed by atoms with van der Waals surface area (Å²) in [5, 5.41) is 13.4. The normalized spacial score (nSPS) is 28.3. The minimum atomic E-state index is -5.06. The van der Waals surface area contributed by atoms with Gasteiger partial charge in [-0.25, -0.2) is 19.1 Å². The van der Waals surface area contributed by atoms with Gasteiger partial charge in [0.2, 0.25) is 0 Å². The second-order valence-electron chi connectivity index (χ2n) is 5.66. The van der Waals surface area contributed by atoms with Gasteiger partial charge in [-0.3, -0.25) is 9.05 Å². The molecule has 1 saturated heterocycles. The van der Waals surface area contributed by atoms with E-state index >= 15 is 0 Å². The number of ether oxygens (including phenoxy) is 1. The lowest BCUT2D eigenvalue weighted by Gasteiger charge is -2.27. The van der Waals surface area contributed by atoms with Gasteiger partial charge in [-0.15, -0.1) is 0 Å². The number of fused-ring (bicyclic) bond motifs is 1. The molecule has 1 aromatic rings. The number of nitrogen functional groups attached to an aromatic ring is 1. The van der Waals surface area contributed by atoms with Gasteiger partial charge in [0.05, 0.1) is 13.3 Å². The first-order valence-corrected chi connectivity index (χ1v) is 10.4. The lowest BCUT2D eigenvalue weighted by molar-refractivity contribution is -0.0212. The van der Waals surface area contributed by atoms with Crippen LogP contribution < -0.4 is 16.0 Å². The van der Waals surface area contributed by atoms with E-state index in [1.807, 2.05) is 0 Å². The molecule has 3 rings (SSSR count). The fourth-order valence-corrected chi connectivity index (χ4v) is 3.72. The predicted octanol–water partition coefficient (Wildman–Crippen LogP) is -2.08. The molecule has 2 aliphatic rings. The highest BCUT2D eigenvalue weighted by Crippen LogP contribution is 2.45. The Kier molecular flexibility index (Phi) is 5.44. The molecular weight excluding hydrogens is 412 g/mol. The Bertz CT molecular complexity index is 801. The summed E-state index contributed by atoms with van der Waals surface area (Å²) in [6, 6.07) is 0. The molecule has 0 bridgehead atoms. The number of nitrogens with one attached hydrogen (secondary N) is 1. The van der Waals surface area contributed by atoms with Crippen LogP contribution in [0.15, 0.2) is 6.33 Å². The molecule has 0 spiro atoms. The highest BCUT2D eigenvalue weighted by molar-refractivity contribution is 7.46. The first kappa shape index (κ1) is 20.4. The molecule has 15 nitrogen and oxygen atoms in total. The van der Waals surface area contributed by atoms with E-state index in [9.17, 15) is 14.2 Å². The van der Waals surface area contributed by atoms with E-state index in [1.54, 1.807) is 0 Å². The van der Waals surface area contributed by atoms with E-state index in [2.05, 4.69) is 24.3 Å². The van der Waals surface area contributed by atoms with Gasteiger partial charge in [0.15, 0.2) is 17.9 Å². The molecule has 0 saturated carbocycles. The fraction of sp³-hybridized carbons (Fsp3) is 0.600. The molecule has 0 amide bonds. The minimum Gasteiger partial charge on any atom is -0.386 e. The third-order valence-corrected chi connectivity index (χ3v) is 4.84. The second-order valence-corrected chi connectivity index (χ2v) is 8.10. The zero-order chi connectivity index (χ0) is 20.0. The molecule has 152 valence electrons. The summed E-state index contributed by atoms with van der Waals surface area (Å²) in [6.07, 6.45) is -4.70. The van der Waals surface area contributed by atoms with Crippen LogP contribution in [0.25, 0.3) is 0 Å². The lowest BCUT2D eigenvalue weighted by atomic mass is 10.1. The molecule has 0 aromatic carbocycles. The number of aliphatic hydroxyl groups is 1. The second kappa shape index (κ2) is 7.22. The summed E-state index contributed by atoms with van der Waals surface area (Å²) in [7, 11) is -9.95. The maximum absolute atomic E-state index is 11.2. The Balaban J connectivity index is 1.84. The molecule has 1 aromatic heterocycles. The summed E-state index contributed by atoms with van der Waals surface area (Å²) in [5.41, 5.74) is 6.09. The third-order valence-electron chi connectivity index (χ3n) is 3.84. The van der Waals surface area contributed by atoms with Crippen molar-refractivity contribution in [2.75, 3.05) is 29.2 Å². The maximum atomic E-state index is 11.2. The Morgan fingerprint density at radius 1 is 1.30 bits per heavy atom. The number of phosphoric ester groups is 2. The number of hydrogen-bond donors (Lipinski definition) is 7. The van der Waals surface area contributed by atoms with Gasteiger partial charge in [0.25, 0.3) is 0 Å². The van der Waals surface area contributed by atoms with Crippen molar-refractivity contribution in [1.82, 2.24) is 9.97 Å². The van der Waals surface area contributed by atoms with E-state index in [0.717, 1.165) is 0 Å². The average molecular weight is 429 g/mol. The predicted molar refractivity (Wildman–Crippen MR) is 87.0 cm³/mol. The average Bonchev–Trinajstić information content (AvgIpc) is 3.07. The van der Waals surface area contributed by atoms with E-state index in [-0.39, 0.29) is 18.3 Å². The number of nitrogens with two attached hydrogens (primary N) is 1. The van der Waals surface area contributed by atoms with Crippen molar-refractivity contribution in [3.63, 3.8) is 0 Å². The summed E-state index contributed by atoms with van der Waals surface area (Å²) >= 11 is 0. The molecule has 8 N–H and O–H groups in total. The highest BCUT2D eigenvalue weighted by Gasteiger charge is 2.51. The number of rotatable bonds is 6. The summed E-state index contributed by atoms with van der Waals surface area (Å²) in [6.45, 7) is -0.725. The van der Waals surface area contributed by atoms with Gasteiger partial charge in [-0.1, -0.05) is 0 Å². The van der Waals surface area contributed by atoms with Crippen molar-refractivity contribution in [2.24, 2.45) is 0 Å². The summed E-state index contributed by atoms with van der Waals surface area (Å²) in [5.74, 6) is 0.400. The quantitative estimate of drug-likeness (QED) is 0.241. The van der Waals surface area contributed by atoms with E-state index in [0.29, 0.717) is 5.69 Å². The number of phosphoric acid groups is 2. The van der Waals surface area contributed by atoms with Crippen LogP contribution in [-0.2, 0) is 22.9 Å². The smallest absolute Gasteiger partial charge is 0.386 e. The number of aliphatic hydroxyl groups excluding tert-OH is 1. The van der Waals surface area contributed by atoms with Crippen LogP contribution in [0.4, 0.5) is 17.3 Å². The van der Waals surface area contributed by atoms with Crippen LogP contribution >= 0.6 is 15.6 Å². The first-order valence-electron chi connectivity index (χ1n) is 7.35. The van der Waals surface area contributed by atoms with Crippen molar-refractivity contribution >= 4 is 33.0 Å². The highest BCUT2D eigenvalue weighted by atomic mass is 31.2. The Hall–Kier alpha value is -1.38. The van der Waals surface area contributed by atoms with Crippen LogP contribution in [-0.4, -0.2) is 72.5 Å². The van der Waals surface area contributed by atoms with Gasteiger partial charge >= 0.3 is 15.6 Å². The zero-order valence-corrected chi connectivity index (χ0v) is 15.2. The molecule has 2 aliphatic heterocycles. The van der Waals surface area contributed by atoms with Crippen molar-refractivity contribution in [3.8, 4) is 0 Å². The van der Waals surface area contributed by atoms with Crippen LogP contribution in [0.1, 0.15) is 0 Å². The standard InChI is InChI=1S/C10H17N5O10P2/c11-8-5-9(13-2-12-8)15(3-14-5)10-6(16)7(25-27(20,21)22)4(24-10)1-23-26(17,18)19/h2,4,6-7,10,14,16H,1,3H2,(H2,11,12,13)(H2,17,18,19)(H2,20,21,22)/t4-,6-,7-,10-/m1/s1. The molecule has 27 heavy (non-hydrogen) atoms. The summed E-state index contributed by atoms with van der Waals surface area (Å²) < 4.78 is 36.5. The Morgan fingerprint density at radius 2 is 2.00 bits per heavy atom. The largest absolute Gasteiger partial charge is 0.470 e. The van der Waals surface area contributed by atoms with Crippen molar-refractivity contribution < 1.29 is 47.6 Å². The molecule has 1 fully saturated rings. The Labute approximate surface area is 151 Å². The molecular formula is C10H17N5O10P2. The van der Waals surface area contributed by atoms with Gasteiger partial charge in [-0.2, -0.15) is 0 Å². The topological polar surface area (TPSA) is 230 Å². The van der Waals surface area contributed by atoms with Crippen LogP contribution in [0.2, 0.25) is 0 Å². The number of anilines is 3. The first-order chi connectivity index (χ1) is 12.5. The van der Waals surface area contributed by atoms with Gasteiger partial charge in [0, 0.05) is 0 Å². The monoisotopic (exact) mass is 429 g/mol. The van der Waals surface area contributed by atoms with Crippen LogP contribution in [0.3, 0.4) is 0 Å². The SMILES string of the molecule is Nc1ncnc2c1NCN2[C@@H]1O[C@H](COP(=O)(O)O)[C@@H](OP(=O)(O)O)[C@H]1O. The van der Waals surface area contributed by atoms with Crippen molar-refractivity contribution in [1.29, 1.82) is 0 Å². The Morgan fingerprint density at radius 3 is 2.63 bits per heavy atom. The zero-order valence-electron chi connectivity index (χ0n) is 13.4. The minimum absolute atomic E-state index is 0.0641. The molecule has 4 atom stereocenters. The number of hydrogen-bond acceptors (Lipinski definition) is 11. The van der Waals surface area contributed by atoms with E-state index < -0.39 is 46.8 Å². The van der Waals surface area contributed by atoms with Gasteiger partial charge in [0.1, 0.15) is 30.3 Å². The van der Waals surface area contributed by atoms with E-state index in [4.69, 9.17) is 30.0 Å². The molecule has 0 radical (unpaired) electrons. The van der Waals surface area contributed by atoms with Crippen molar-refractivity contribution in [3.05, 3.63) is 6.33 Å².